The van der Waals surface area contributed by atoms with Gasteiger partial charge < -0.3 is 9.64 Å². The van der Waals surface area contributed by atoms with Gasteiger partial charge in [0, 0.05) is 38.6 Å². The van der Waals surface area contributed by atoms with Gasteiger partial charge in [-0.25, -0.2) is 0 Å². The normalized spacial score (nSPS) is 24.3. The smallest absolute Gasteiger partial charge is 0.306 e. The van der Waals surface area contributed by atoms with Crippen LogP contribution in [0.15, 0.2) is 0 Å². The van der Waals surface area contributed by atoms with Gasteiger partial charge in [0.2, 0.25) is 5.91 Å². The van der Waals surface area contributed by atoms with Crippen LogP contribution in [0.5, 0.6) is 0 Å². The van der Waals surface area contributed by atoms with Gasteiger partial charge in [-0.15, -0.1) is 0 Å². The lowest BCUT2D eigenvalue weighted by atomic mass is 9.82. The summed E-state index contributed by atoms with van der Waals surface area (Å²) in [6.45, 7) is 5.32. The van der Waals surface area contributed by atoms with Crippen LogP contribution in [-0.4, -0.2) is 61.0 Å². The SMILES string of the molecule is COC(=O)CCN1CCN(C(=O)CC2CCC2)C(C)C1. The maximum atomic E-state index is 12.3. The second-order valence-corrected chi connectivity index (χ2v) is 6.06. The lowest BCUT2D eigenvalue weighted by Gasteiger charge is -2.41. The Morgan fingerprint density at radius 2 is 2.00 bits per heavy atom. The highest BCUT2D eigenvalue weighted by Gasteiger charge is 2.30. The summed E-state index contributed by atoms with van der Waals surface area (Å²) in [6, 6.07) is 0.244. The highest BCUT2D eigenvalue weighted by atomic mass is 16.5. The van der Waals surface area contributed by atoms with Gasteiger partial charge in [-0.05, 0) is 25.7 Å². The molecule has 5 heteroatoms. The maximum absolute atomic E-state index is 12.3. The molecule has 1 saturated carbocycles. The van der Waals surface area contributed by atoms with Crippen LogP contribution in [0.4, 0.5) is 0 Å². The average molecular weight is 282 g/mol. The van der Waals surface area contributed by atoms with E-state index in [0.29, 0.717) is 18.2 Å². The molecule has 2 rings (SSSR count). The van der Waals surface area contributed by atoms with Gasteiger partial charge in [0.15, 0.2) is 0 Å². The summed E-state index contributed by atoms with van der Waals surface area (Å²) in [5, 5.41) is 0. The minimum Gasteiger partial charge on any atom is -0.469 e. The minimum atomic E-state index is -0.166. The van der Waals surface area contributed by atoms with E-state index in [1.807, 2.05) is 4.90 Å². The van der Waals surface area contributed by atoms with E-state index < -0.39 is 0 Å². The van der Waals surface area contributed by atoms with Crippen molar-refractivity contribution in [3.05, 3.63) is 0 Å². The minimum absolute atomic E-state index is 0.166. The number of methoxy groups -OCH3 is 1. The van der Waals surface area contributed by atoms with Crippen molar-refractivity contribution >= 4 is 11.9 Å². The molecule has 0 aromatic carbocycles. The number of ether oxygens (including phenoxy) is 1. The monoisotopic (exact) mass is 282 g/mol. The number of piperazine rings is 1. The van der Waals surface area contributed by atoms with Crippen molar-refractivity contribution < 1.29 is 14.3 Å². The van der Waals surface area contributed by atoms with E-state index in [0.717, 1.165) is 32.6 Å². The Hall–Kier alpha value is -1.10. The number of hydrogen-bond donors (Lipinski definition) is 0. The molecule has 1 heterocycles. The molecule has 0 bridgehead atoms. The third kappa shape index (κ3) is 3.95. The van der Waals surface area contributed by atoms with E-state index in [9.17, 15) is 9.59 Å². The van der Waals surface area contributed by atoms with Crippen LogP contribution in [0.1, 0.15) is 39.0 Å². The van der Waals surface area contributed by atoms with Crippen LogP contribution in [0.3, 0.4) is 0 Å². The Morgan fingerprint density at radius 3 is 2.55 bits per heavy atom. The van der Waals surface area contributed by atoms with E-state index in [1.54, 1.807) is 0 Å². The van der Waals surface area contributed by atoms with Crippen LogP contribution >= 0.6 is 0 Å². The maximum Gasteiger partial charge on any atom is 0.306 e. The van der Waals surface area contributed by atoms with E-state index in [4.69, 9.17) is 0 Å². The first kappa shape index (κ1) is 15.3. The molecule has 1 amide bonds. The molecule has 0 aromatic rings. The highest BCUT2D eigenvalue weighted by molar-refractivity contribution is 5.77. The molecule has 0 spiro atoms. The Labute approximate surface area is 121 Å². The predicted molar refractivity (Wildman–Crippen MR) is 76.2 cm³/mol. The number of carbonyl (C=O) groups is 2. The van der Waals surface area contributed by atoms with Crippen molar-refractivity contribution in [1.82, 2.24) is 9.80 Å². The Morgan fingerprint density at radius 1 is 1.25 bits per heavy atom. The molecule has 1 unspecified atom stereocenters. The first-order valence-electron chi connectivity index (χ1n) is 7.68. The summed E-state index contributed by atoms with van der Waals surface area (Å²) in [7, 11) is 1.42. The number of esters is 1. The molecule has 1 saturated heterocycles. The van der Waals surface area contributed by atoms with Crippen molar-refractivity contribution in [2.24, 2.45) is 5.92 Å². The Balaban J connectivity index is 1.73. The molecule has 0 aromatic heterocycles. The molecule has 0 N–H and O–H groups in total. The summed E-state index contributed by atoms with van der Waals surface area (Å²) in [6.07, 6.45) is 4.89. The van der Waals surface area contributed by atoms with Gasteiger partial charge in [0.05, 0.1) is 13.5 Å². The third-order valence-electron chi connectivity index (χ3n) is 4.58. The van der Waals surface area contributed by atoms with Gasteiger partial charge in [0.25, 0.3) is 0 Å². The number of rotatable bonds is 5. The molecule has 1 atom stereocenters. The first-order valence-corrected chi connectivity index (χ1v) is 7.68. The van der Waals surface area contributed by atoms with Crippen LogP contribution in [0, 0.1) is 5.92 Å². The van der Waals surface area contributed by atoms with Gasteiger partial charge in [-0.2, -0.15) is 0 Å². The number of nitrogens with zero attached hydrogens (tertiary/aromatic N) is 2. The highest BCUT2D eigenvalue weighted by Crippen LogP contribution is 2.30. The molecule has 2 fully saturated rings. The second-order valence-electron chi connectivity index (χ2n) is 6.06. The fourth-order valence-electron chi connectivity index (χ4n) is 3.02. The van der Waals surface area contributed by atoms with E-state index >= 15 is 0 Å². The van der Waals surface area contributed by atoms with Crippen LogP contribution < -0.4 is 0 Å². The van der Waals surface area contributed by atoms with Crippen molar-refractivity contribution in [2.75, 3.05) is 33.3 Å². The predicted octanol–water partition coefficient (Wildman–Crippen LogP) is 1.27. The fraction of sp³-hybridized carbons (Fsp3) is 0.867. The molecular weight excluding hydrogens is 256 g/mol. The quantitative estimate of drug-likeness (QED) is 0.713. The number of carbonyl (C=O) groups excluding carboxylic acids is 2. The topological polar surface area (TPSA) is 49.9 Å². The van der Waals surface area contributed by atoms with Gasteiger partial charge in [0.1, 0.15) is 0 Å². The fourth-order valence-corrected chi connectivity index (χ4v) is 3.02. The van der Waals surface area contributed by atoms with Crippen molar-refractivity contribution in [3.63, 3.8) is 0 Å². The molecular formula is C15H26N2O3. The van der Waals surface area contributed by atoms with Crippen molar-refractivity contribution in [2.45, 2.75) is 45.1 Å². The number of amides is 1. The average Bonchev–Trinajstić information content (AvgIpc) is 2.40. The van der Waals surface area contributed by atoms with Gasteiger partial charge >= 0.3 is 5.97 Å². The summed E-state index contributed by atoms with van der Waals surface area (Å²) in [5.41, 5.74) is 0. The largest absolute Gasteiger partial charge is 0.469 e. The van der Waals surface area contributed by atoms with Crippen LogP contribution in [-0.2, 0) is 14.3 Å². The van der Waals surface area contributed by atoms with Crippen LogP contribution in [0.2, 0.25) is 0 Å². The summed E-state index contributed by atoms with van der Waals surface area (Å²) < 4.78 is 4.66. The lowest BCUT2D eigenvalue weighted by Crippen LogP contribution is -2.54. The Kier molecular flexibility index (Phi) is 5.40. The zero-order valence-electron chi connectivity index (χ0n) is 12.6. The zero-order chi connectivity index (χ0) is 14.5. The standard InChI is InChI=1S/C15H26N2O3/c1-12-11-16(7-6-15(19)20-2)8-9-17(12)14(18)10-13-4-3-5-13/h12-13H,3-11H2,1-2H3. The third-order valence-corrected chi connectivity index (χ3v) is 4.58. The van der Waals surface area contributed by atoms with E-state index in [-0.39, 0.29) is 12.0 Å². The molecule has 1 aliphatic carbocycles. The second kappa shape index (κ2) is 7.07. The molecule has 1 aliphatic heterocycles. The van der Waals surface area contributed by atoms with E-state index in [1.165, 1.54) is 26.4 Å². The lowest BCUT2D eigenvalue weighted by molar-refractivity contribution is -0.142. The molecule has 2 aliphatic rings. The van der Waals surface area contributed by atoms with Crippen molar-refractivity contribution in [1.29, 1.82) is 0 Å². The van der Waals surface area contributed by atoms with Crippen LogP contribution in [0.25, 0.3) is 0 Å². The molecule has 114 valence electrons. The first-order chi connectivity index (χ1) is 9.60. The van der Waals surface area contributed by atoms with E-state index in [2.05, 4.69) is 16.6 Å². The summed E-state index contributed by atoms with van der Waals surface area (Å²) in [5.74, 6) is 0.781. The summed E-state index contributed by atoms with van der Waals surface area (Å²) in [4.78, 5) is 27.7. The molecule has 20 heavy (non-hydrogen) atoms. The number of hydrogen-bond acceptors (Lipinski definition) is 4. The zero-order valence-corrected chi connectivity index (χ0v) is 12.6. The Bertz CT molecular complexity index is 355. The van der Waals surface area contributed by atoms with Gasteiger partial charge in [-0.3, -0.25) is 14.5 Å². The van der Waals surface area contributed by atoms with Gasteiger partial charge in [-0.1, -0.05) is 6.42 Å². The summed E-state index contributed by atoms with van der Waals surface area (Å²) >= 11 is 0. The molecule has 5 nitrogen and oxygen atoms in total. The molecule has 0 radical (unpaired) electrons. The van der Waals surface area contributed by atoms with Crippen molar-refractivity contribution in [3.8, 4) is 0 Å².